The van der Waals surface area contributed by atoms with Crippen LogP contribution in [0.15, 0.2) is 21.0 Å². The van der Waals surface area contributed by atoms with Crippen LogP contribution in [0.2, 0.25) is 0 Å². The van der Waals surface area contributed by atoms with E-state index in [2.05, 4.69) is 19.1 Å². The van der Waals surface area contributed by atoms with Crippen molar-refractivity contribution in [2.75, 3.05) is 6.54 Å². The van der Waals surface area contributed by atoms with Crippen molar-refractivity contribution in [2.24, 2.45) is 5.73 Å². The quantitative estimate of drug-likeness (QED) is 0.762. The van der Waals surface area contributed by atoms with Gasteiger partial charge in [-0.2, -0.15) is 0 Å². The molecule has 0 amide bonds. The van der Waals surface area contributed by atoms with Crippen molar-refractivity contribution in [3.05, 3.63) is 34.8 Å². The highest BCUT2D eigenvalue weighted by Gasteiger charge is 2.46. The monoisotopic (exact) mass is 269 g/mol. The number of fused-ring (bicyclic) bond motifs is 2. The molecule has 1 aliphatic rings. The average Bonchev–Trinajstić information content (AvgIpc) is 2.95. The second-order valence-corrected chi connectivity index (χ2v) is 6.18. The van der Waals surface area contributed by atoms with Gasteiger partial charge in [0, 0.05) is 33.9 Å². The lowest BCUT2D eigenvalue weighted by molar-refractivity contribution is 0.564. The van der Waals surface area contributed by atoms with E-state index in [1.807, 2.05) is 13.8 Å². The number of nitrogens with two attached hydrogens (primary N) is 1. The zero-order chi connectivity index (χ0) is 14.1. The molecule has 1 saturated carbocycles. The summed E-state index contributed by atoms with van der Waals surface area (Å²) in [4.78, 5) is 0. The molecule has 0 atom stereocenters. The lowest BCUT2D eigenvalue weighted by Crippen LogP contribution is -2.20. The zero-order valence-corrected chi connectivity index (χ0v) is 12.2. The first kappa shape index (κ1) is 12.0. The Balaban J connectivity index is 2.23. The molecular weight excluding hydrogens is 250 g/mol. The SMILES string of the molecule is Cc1cc2c(C3(CN)CC3)c3oc(C)cc3c(C)c2o1. The lowest BCUT2D eigenvalue weighted by Gasteiger charge is -2.15. The van der Waals surface area contributed by atoms with Gasteiger partial charge in [0.15, 0.2) is 0 Å². The number of rotatable bonds is 2. The van der Waals surface area contributed by atoms with E-state index in [9.17, 15) is 0 Å². The molecule has 0 unspecified atom stereocenters. The van der Waals surface area contributed by atoms with Gasteiger partial charge in [-0.05, 0) is 45.7 Å². The average molecular weight is 269 g/mol. The predicted octanol–water partition coefficient (Wildman–Crippen LogP) is 4.09. The maximum Gasteiger partial charge on any atom is 0.139 e. The van der Waals surface area contributed by atoms with E-state index in [0.717, 1.165) is 41.1 Å². The van der Waals surface area contributed by atoms with Crippen molar-refractivity contribution in [2.45, 2.75) is 39.0 Å². The van der Waals surface area contributed by atoms with Crippen molar-refractivity contribution in [1.82, 2.24) is 0 Å². The van der Waals surface area contributed by atoms with E-state index in [1.165, 1.54) is 16.3 Å². The molecule has 104 valence electrons. The number of aryl methyl sites for hydroxylation is 3. The zero-order valence-electron chi connectivity index (χ0n) is 12.2. The third kappa shape index (κ3) is 1.39. The fourth-order valence-electron chi connectivity index (χ4n) is 3.44. The number of benzene rings is 1. The van der Waals surface area contributed by atoms with Gasteiger partial charge in [0.1, 0.15) is 22.7 Å². The molecule has 2 heterocycles. The summed E-state index contributed by atoms with van der Waals surface area (Å²) >= 11 is 0. The Morgan fingerprint density at radius 2 is 1.60 bits per heavy atom. The Bertz CT molecular complexity index is 776. The lowest BCUT2D eigenvalue weighted by atomic mass is 9.89. The Morgan fingerprint density at radius 1 is 1.00 bits per heavy atom. The maximum atomic E-state index is 6.06. The molecular formula is C17H19NO2. The molecule has 2 aromatic heterocycles. The molecule has 0 bridgehead atoms. The number of hydrogen-bond acceptors (Lipinski definition) is 3. The second kappa shape index (κ2) is 3.67. The standard InChI is InChI=1S/C17H19NO2/c1-9-6-12-11(3)15-13(7-10(2)19-15)14(16(12)20-9)17(8-18)4-5-17/h6-7H,4-5,8,18H2,1-3H3. The van der Waals surface area contributed by atoms with Crippen LogP contribution in [0.5, 0.6) is 0 Å². The number of hydrogen-bond donors (Lipinski definition) is 1. The van der Waals surface area contributed by atoms with Crippen LogP contribution in [0.1, 0.15) is 35.5 Å². The van der Waals surface area contributed by atoms with Crippen LogP contribution in [0.3, 0.4) is 0 Å². The summed E-state index contributed by atoms with van der Waals surface area (Å²) in [5.41, 5.74) is 10.6. The minimum absolute atomic E-state index is 0.0881. The van der Waals surface area contributed by atoms with Gasteiger partial charge in [-0.1, -0.05) is 0 Å². The first-order valence-corrected chi connectivity index (χ1v) is 7.19. The fraction of sp³-hybridized carbons (Fsp3) is 0.412. The molecule has 2 N–H and O–H groups in total. The third-order valence-corrected chi connectivity index (χ3v) is 4.73. The minimum Gasteiger partial charge on any atom is -0.461 e. The highest BCUT2D eigenvalue weighted by molar-refractivity contribution is 6.03. The summed E-state index contributed by atoms with van der Waals surface area (Å²) < 4.78 is 12.0. The van der Waals surface area contributed by atoms with Gasteiger partial charge < -0.3 is 14.6 Å². The summed E-state index contributed by atoms with van der Waals surface area (Å²) in [7, 11) is 0. The first-order valence-electron chi connectivity index (χ1n) is 7.19. The molecule has 3 nitrogen and oxygen atoms in total. The minimum atomic E-state index is 0.0881. The molecule has 0 radical (unpaired) electrons. The van der Waals surface area contributed by atoms with E-state index < -0.39 is 0 Å². The fourth-order valence-corrected chi connectivity index (χ4v) is 3.44. The molecule has 3 heteroatoms. The van der Waals surface area contributed by atoms with Crippen molar-refractivity contribution >= 4 is 21.9 Å². The van der Waals surface area contributed by atoms with Gasteiger partial charge in [0.25, 0.3) is 0 Å². The van der Waals surface area contributed by atoms with Gasteiger partial charge >= 0.3 is 0 Å². The van der Waals surface area contributed by atoms with Crippen molar-refractivity contribution in [1.29, 1.82) is 0 Å². The topological polar surface area (TPSA) is 52.3 Å². The molecule has 4 rings (SSSR count). The number of furan rings is 2. The maximum absolute atomic E-state index is 6.06. The predicted molar refractivity (Wildman–Crippen MR) is 80.2 cm³/mol. The van der Waals surface area contributed by atoms with E-state index in [-0.39, 0.29) is 5.41 Å². The Labute approximate surface area is 117 Å². The van der Waals surface area contributed by atoms with Crippen molar-refractivity contribution in [3.8, 4) is 0 Å². The molecule has 3 aromatic rings. The Kier molecular flexibility index (Phi) is 2.21. The van der Waals surface area contributed by atoms with E-state index in [4.69, 9.17) is 14.6 Å². The van der Waals surface area contributed by atoms with Crippen molar-refractivity contribution in [3.63, 3.8) is 0 Å². The van der Waals surface area contributed by atoms with Gasteiger partial charge in [0.2, 0.25) is 0 Å². The Hall–Kier alpha value is -1.74. The van der Waals surface area contributed by atoms with E-state index in [1.54, 1.807) is 0 Å². The summed E-state index contributed by atoms with van der Waals surface area (Å²) in [6, 6.07) is 4.24. The second-order valence-electron chi connectivity index (χ2n) is 6.18. The highest BCUT2D eigenvalue weighted by Crippen LogP contribution is 2.53. The summed E-state index contributed by atoms with van der Waals surface area (Å²) in [5, 5.41) is 2.35. The highest BCUT2D eigenvalue weighted by atomic mass is 16.3. The van der Waals surface area contributed by atoms with Crippen LogP contribution >= 0.6 is 0 Å². The van der Waals surface area contributed by atoms with Crippen LogP contribution in [-0.4, -0.2) is 6.54 Å². The van der Waals surface area contributed by atoms with Gasteiger partial charge in [-0.25, -0.2) is 0 Å². The van der Waals surface area contributed by atoms with E-state index >= 15 is 0 Å². The van der Waals surface area contributed by atoms with Gasteiger partial charge in [0.05, 0.1) is 0 Å². The summed E-state index contributed by atoms with van der Waals surface area (Å²) in [6.07, 6.45) is 2.28. The van der Waals surface area contributed by atoms with Crippen LogP contribution in [-0.2, 0) is 5.41 Å². The summed E-state index contributed by atoms with van der Waals surface area (Å²) in [5.74, 6) is 1.89. The molecule has 1 aliphatic carbocycles. The smallest absolute Gasteiger partial charge is 0.139 e. The molecule has 0 spiro atoms. The first-order chi connectivity index (χ1) is 9.55. The van der Waals surface area contributed by atoms with Gasteiger partial charge in [-0.15, -0.1) is 0 Å². The largest absolute Gasteiger partial charge is 0.461 e. The van der Waals surface area contributed by atoms with E-state index in [0.29, 0.717) is 6.54 Å². The van der Waals surface area contributed by atoms with Crippen molar-refractivity contribution < 1.29 is 8.83 Å². The van der Waals surface area contributed by atoms with Gasteiger partial charge in [-0.3, -0.25) is 0 Å². The molecule has 1 fully saturated rings. The molecule has 0 aliphatic heterocycles. The van der Waals surface area contributed by atoms with Crippen LogP contribution in [0.25, 0.3) is 21.9 Å². The molecule has 0 saturated heterocycles. The third-order valence-electron chi connectivity index (χ3n) is 4.73. The summed E-state index contributed by atoms with van der Waals surface area (Å²) in [6.45, 7) is 6.77. The Morgan fingerprint density at radius 3 is 2.20 bits per heavy atom. The molecule has 20 heavy (non-hydrogen) atoms. The van der Waals surface area contributed by atoms with Crippen LogP contribution < -0.4 is 5.73 Å². The normalized spacial score (nSPS) is 17.2. The molecule has 1 aromatic carbocycles. The van der Waals surface area contributed by atoms with Crippen LogP contribution in [0, 0.1) is 20.8 Å². The van der Waals surface area contributed by atoms with Crippen LogP contribution in [0.4, 0.5) is 0 Å².